The average molecular weight is 343 g/mol. The number of hydrogen-bond donors (Lipinski definition) is 1. The fraction of sp³-hybridized carbons (Fsp3) is 0.389. The van der Waals surface area contributed by atoms with Gasteiger partial charge in [-0.3, -0.25) is 19.5 Å². The summed E-state index contributed by atoms with van der Waals surface area (Å²) in [4.78, 5) is 37.6. The standard InChI is InChI=1S/C18H21N3O4/c1-2-25-14-7-5-13(6-8-14)15-4-3-11-20(15)18(24)12-21-17(23)10-9-16(22)19-21/h5-10,15H,2-4,11-12H2,1H3,(H,19,22). The average Bonchev–Trinajstić information content (AvgIpc) is 3.09. The van der Waals surface area contributed by atoms with Gasteiger partial charge < -0.3 is 9.64 Å². The Bertz CT molecular complexity index is 854. The number of amides is 1. The lowest BCUT2D eigenvalue weighted by Crippen LogP contribution is -2.38. The number of benzene rings is 1. The topological polar surface area (TPSA) is 84.4 Å². The summed E-state index contributed by atoms with van der Waals surface area (Å²) in [6, 6.07) is 10.0. The van der Waals surface area contributed by atoms with Crippen LogP contribution in [0.2, 0.25) is 0 Å². The van der Waals surface area contributed by atoms with Crippen LogP contribution in [0.15, 0.2) is 46.0 Å². The molecule has 2 aromatic rings. The first-order valence-corrected chi connectivity index (χ1v) is 8.41. The SMILES string of the molecule is CCOc1ccc(C2CCCN2C(=O)Cn2[nH]c(=O)ccc2=O)cc1. The predicted molar refractivity (Wildman–Crippen MR) is 92.6 cm³/mol. The van der Waals surface area contributed by atoms with E-state index in [0.717, 1.165) is 34.9 Å². The van der Waals surface area contributed by atoms with Crippen LogP contribution in [0.25, 0.3) is 0 Å². The maximum Gasteiger partial charge on any atom is 0.265 e. The second-order valence-corrected chi connectivity index (χ2v) is 5.98. The molecular weight excluding hydrogens is 322 g/mol. The smallest absolute Gasteiger partial charge is 0.265 e. The Balaban J connectivity index is 1.76. The lowest BCUT2D eigenvalue weighted by atomic mass is 10.0. The molecule has 0 aliphatic carbocycles. The fourth-order valence-electron chi connectivity index (χ4n) is 3.17. The van der Waals surface area contributed by atoms with E-state index in [1.165, 1.54) is 6.07 Å². The number of H-pyrrole nitrogens is 1. The molecule has 0 radical (unpaired) electrons. The van der Waals surface area contributed by atoms with Gasteiger partial charge in [0.1, 0.15) is 12.3 Å². The van der Waals surface area contributed by atoms with Crippen molar-refractivity contribution in [1.82, 2.24) is 14.7 Å². The Morgan fingerprint density at radius 2 is 1.96 bits per heavy atom. The Kier molecular flexibility index (Phi) is 5.02. The third-order valence-electron chi connectivity index (χ3n) is 4.33. The van der Waals surface area contributed by atoms with Crippen LogP contribution in [0, 0.1) is 0 Å². The Morgan fingerprint density at radius 1 is 1.20 bits per heavy atom. The summed E-state index contributed by atoms with van der Waals surface area (Å²) >= 11 is 0. The molecule has 1 amide bonds. The predicted octanol–water partition coefficient (Wildman–Crippen LogP) is 1.30. The number of carbonyl (C=O) groups is 1. The van der Waals surface area contributed by atoms with Crippen LogP contribution in [0.1, 0.15) is 31.4 Å². The van der Waals surface area contributed by atoms with E-state index in [2.05, 4.69) is 5.10 Å². The number of aromatic nitrogens is 2. The molecular formula is C18H21N3O4. The summed E-state index contributed by atoms with van der Waals surface area (Å²) in [6.45, 7) is 3.02. The molecule has 1 atom stereocenters. The normalized spacial score (nSPS) is 16.8. The zero-order valence-corrected chi connectivity index (χ0v) is 14.1. The molecule has 0 spiro atoms. The van der Waals surface area contributed by atoms with Crippen LogP contribution in [0.4, 0.5) is 0 Å². The van der Waals surface area contributed by atoms with E-state index in [0.29, 0.717) is 13.2 Å². The monoisotopic (exact) mass is 343 g/mol. The highest BCUT2D eigenvalue weighted by Crippen LogP contribution is 2.32. The van der Waals surface area contributed by atoms with Crippen molar-refractivity contribution < 1.29 is 9.53 Å². The fourth-order valence-corrected chi connectivity index (χ4v) is 3.17. The van der Waals surface area contributed by atoms with Crippen molar-refractivity contribution in [2.24, 2.45) is 0 Å². The number of nitrogens with zero attached hydrogens (tertiary/aromatic N) is 2. The van der Waals surface area contributed by atoms with Crippen LogP contribution >= 0.6 is 0 Å². The Labute approximate surface area is 144 Å². The van der Waals surface area contributed by atoms with E-state index < -0.39 is 11.1 Å². The molecule has 3 rings (SSSR count). The highest BCUT2D eigenvalue weighted by Gasteiger charge is 2.30. The van der Waals surface area contributed by atoms with Gasteiger partial charge in [-0.15, -0.1) is 0 Å². The van der Waals surface area contributed by atoms with E-state index >= 15 is 0 Å². The molecule has 1 aromatic carbocycles. The summed E-state index contributed by atoms with van der Waals surface area (Å²) in [6.07, 6.45) is 1.78. The summed E-state index contributed by atoms with van der Waals surface area (Å²) in [5, 5.41) is 2.39. The van der Waals surface area contributed by atoms with Crippen LogP contribution < -0.4 is 15.9 Å². The molecule has 0 bridgehead atoms. The molecule has 7 heteroatoms. The molecule has 2 heterocycles. The van der Waals surface area contributed by atoms with Gasteiger partial charge in [-0.1, -0.05) is 12.1 Å². The molecule has 0 saturated carbocycles. The quantitative estimate of drug-likeness (QED) is 0.887. The van der Waals surface area contributed by atoms with Gasteiger partial charge in [0.05, 0.1) is 12.6 Å². The third kappa shape index (κ3) is 3.81. The molecule has 1 unspecified atom stereocenters. The number of likely N-dealkylation sites (tertiary alicyclic amines) is 1. The first-order chi connectivity index (χ1) is 12.1. The third-order valence-corrected chi connectivity index (χ3v) is 4.33. The molecule has 1 aliphatic rings. The first kappa shape index (κ1) is 17.0. The van der Waals surface area contributed by atoms with Crippen LogP contribution in [-0.4, -0.2) is 33.7 Å². The van der Waals surface area contributed by atoms with Crippen molar-refractivity contribution in [2.45, 2.75) is 32.4 Å². The van der Waals surface area contributed by atoms with E-state index in [9.17, 15) is 14.4 Å². The van der Waals surface area contributed by atoms with Gasteiger partial charge in [0.25, 0.3) is 11.1 Å². The molecule has 1 aliphatic heterocycles. The largest absolute Gasteiger partial charge is 0.494 e. The molecule has 1 fully saturated rings. The molecule has 1 saturated heterocycles. The van der Waals surface area contributed by atoms with Gasteiger partial charge in [-0.2, -0.15) is 0 Å². The maximum absolute atomic E-state index is 12.7. The zero-order valence-electron chi connectivity index (χ0n) is 14.1. The Morgan fingerprint density at radius 3 is 2.68 bits per heavy atom. The van der Waals surface area contributed by atoms with E-state index in [4.69, 9.17) is 4.74 Å². The number of rotatable bonds is 5. The lowest BCUT2D eigenvalue weighted by molar-refractivity contribution is -0.133. The Hall–Kier alpha value is -2.83. The maximum atomic E-state index is 12.7. The van der Waals surface area contributed by atoms with Crippen molar-refractivity contribution in [3.8, 4) is 5.75 Å². The van der Waals surface area contributed by atoms with Gasteiger partial charge in [0.2, 0.25) is 5.91 Å². The molecule has 25 heavy (non-hydrogen) atoms. The van der Waals surface area contributed by atoms with E-state index in [1.807, 2.05) is 31.2 Å². The van der Waals surface area contributed by atoms with Crippen LogP contribution in [0.3, 0.4) is 0 Å². The van der Waals surface area contributed by atoms with Crippen molar-refractivity contribution in [3.05, 3.63) is 62.7 Å². The molecule has 1 N–H and O–H groups in total. The molecule has 1 aromatic heterocycles. The van der Waals surface area contributed by atoms with E-state index in [1.54, 1.807) is 4.90 Å². The van der Waals surface area contributed by atoms with Gasteiger partial charge in [0.15, 0.2) is 0 Å². The van der Waals surface area contributed by atoms with Crippen molar-refractivity contribution >= 4 is 5.91 Å². The first-order valence-electron chi connectivity index (χ1n) is 8.41. The summed E-state index contributed by atoms with van der Waals surface area (Å²) in [5.74, 6) is 0.621. The second-order valence-electron chi connectivity index (χ2n) is 5.98. The van der Waals surface area contributed by atoms with E-state index in [-0.39, 0.29) is 18.5 Å². The number of nitrogens with one attached hydrogen (secondary N) is 1. The number of carbonyl (C=O) groups excluding carboxylic acids is 1. The summed E-state index contributed by atoms with van der Waals surface area (Å²) in [5.41, 5.74) is 0.241. The number of aromatic amines is 1. The lowest BCUT2D eigenvalue weighted by Gasteiger charge is -2.25. The highest BCUT2D eigenvalue weighted by atomic mass is 16.5. The molecule has 132 valence electrons. The summed E-state index contributed by atoms with van der Waals surface area (Å²) in [7, 11) is 0. The van der Waals surface area contributed by atoms with Gasteiger partial charge in [0, 0.05) is 18.7 Å². The number of ether oxygens (including phenoxy) is 1. The second kappa shape index (κ2) is 7.38. The van der Waals surface area contributed by atoms with Crippen LogP contribution in [-0.2, 0) is 11.3 Å². The minimum Gasteiger partial charge on any atom is -0.494 e. The van der Waals surface area contributed by atoms with Crippen molar-refractivity contribution in [2.75, 3.05) is 13.2 Å². The minimum atomic E-state index is -0.406. The van der Waals surface area contributed by atoms with Gasteiger partial charge in [-0.25, -0.2) is 4.68 Å². The highest BCUT2D eigenvalue weighted by molar-refractivity contribution is 5.76. The summed E-state index contributed by atoms with van der Waals surface area (Å²) < 4.78 is 6.50. The van der Waals surface area contributed by atoms with Gasteiger partial charge >= 0.3 is 0 Å². The number of hydrogen-bond acceptors (Lipinski definition) is 4. The minimum absolute atomic E-state index is 0.0192. The zero-order chi connectivity index (χ0) is 17.8. The molecule has 7 nitrogen and oxygen atoms in total. The van der Waals surface area contributed by atoms with Crippen molar-refractivity contribution in [1.29, 1.82) is 0 Å². The van der Waals surface area contributed by atoms with Crippen LogP contribution in [0.5, 0.6) is 5.75 Å². The van der Waals surface area contributed by atoms with Gasteiger partial charge in [-0.05, 0) is 37.5 Å². The van der Waals surface area contributed by atoms with Crippen molar-refractivity contribution in [3.63, 3.8) is 0 Å².